The normalized spacial score (nSPS) is 16.6. The van der Waals surface area contributed by atoms with E-state index in [2.05, 4.69) is 35.1 Å². The molecule has 5 rings (SSSR count). The molecule has 2 aromatic heterocycles. The lowest BCUT2D eigenvalue weighted by molar-refractivity contribution is 0.0694. The average molecular weight is 544 g/mol. The van der Waals surface area contributed by atoms with Crippen LogP contribution in [0, 0.1) is 12.7 Å². The van der Waals surface area contributed by atoms with Gasteiger partial charge in [0.1, 0.15) is 11.5 Å². The van der Waals surface area contributed by atoms with Gasteiger partial charge in [-0.2, -0.15) is 0 Å². The van der Waals surface area contributed by atoms with E-state index in [-0.39, 0.29) is 36.0 Å². The molecule has 0 radical (unpaired) electrons. The molecule has 0 aliphatic carbocycles. The Morgan fingerprint density at radius 3 is 2.55 bits per heavy atom. The van der Waals surface area contributed by atoms with Gasteiger partial charge in [0.15, 0.2) is 5.82 Å². The number of rotatable bonds is 8. The highest BCUT2D eigenvalue weighted by molar-refractivity contribution is 5.94. The fourth-order valence-electron chi connectivity index (χ4n) is 5.09. The molecule has 0 spiro atoms. The lowest BCUT2D eigenvalue weighted by Crippen LogP contribution is -2.37. The number of piperidine rings is 1. The molecular formula is C27H35ClFN7O2. The molecule has 2 saturated heterocycles. The van der Waals surface area contributed by atoms with Gasteiger partial charge in [-0.15, -0.1) is 12.4 Å². The highest BCUT2D eigenvalue weighted by Crippen LogP contribution is 2.31. The van der Waals surface area contributed by atoms with Crippen molar-refractivity contribution < 1.29 is 13.9 Å². The summed E-state index contributed by atoms with van der Waals surface area (Å²) in [7, 11) is 0. The van der Waals surface area contributed by atoms with Gasteiger partial charge in [-0.05, 0) is 70.0 Å². The smallest absolute Gasteiger partial charge is 0.251 e. The quantitative estimate of drug-likeness (QED) is 0.431. The van der Waals surface area contributed by atoms with Gasteiger partial charge < -0.3 is 24.8 Å². The average Bonchev–Trinajstić information content (AvgIpc) is 3.32. The van der Waals surface area contributed by atoms with E-state index in [4.69, 9.17) is 4.74 Å². The van der Waals surface area contributed by atoms with E-state index >= 15 is 0 Å². The Bertz CT molecular complexity index is 1210. The Balaban J connectivity index is 0.00000336. The second-order valence-corrected chi connectivity index (χ2v) is 9.65. The third-order valence-corrected chi connectivity index (χ3v) is 7.09. The molecule has 1 amide bonds. The number of likely N-dealkylation sites (tertiary alicyclic amines) is 1. The summed E-state index contributed by atoms with van der Waals surface area (Å²) in [5.41, 5.74) is 2.12. The van der Waals surface area contributed by atoms with Gasteiger partial charge in [-0.3, -0.25) is 4.79 Å². The highest BCUT2D eigenvalue weighted by Gasteiger charge is 2.23. The van der Waals surface area contributed by atoms with Crippen molar-refractivity contribution >= 4 is 29.9 Å². The number of aromatic nitrogens is 4. The first-order valence-corrected chi connectivity index (χ1v) is 13.1. The third kappa shape index (κ3) is 6.67. The topological polar surface area (TPSA) is 97.2 Å². The second kappa shape index (κ2) is 13.1. The predicted octanol–water partition coefficient (Wildman–Crippen LogP) is 4.52. The molecule has 2 N–H and O–H groups in total. The highest BCUT2D eigenvalue weighted by atomic mass is 35.5. The summed E-state index contributed by atoms with van der Waals surface area (Å²) in [5, 5.41) is 6.12. The van der Waals surface area contributed by atoms with Crippen molar-refractivity contribution in [2.24, 2.45) is 0 Å². The van der Waals surface area contributed by atoms with Gasteiger partial charge in [0.25, 0.3) is 5.91 Å². The zero-order valence-corrected chi connectivity index (χ0v) is 22.5. The second-order valence-electron chi connectivity index (χ2n) is 9.65. The van der Waals surface area contributed by atoms with Crippen LogP contribution in [0.4, 0.5) is 16.0 Å². The molecule has 204 valence electrons. The zero-order valence-electron chi connectivity index (χ0n) is 21.7. The summed E-state index contributed by atoms with van der Waals surface area (Å²) in [6.07, 6.45) is 8.31. The van der Waals surface area contributed by atoms with Crippen molar-refractivity contribution in [3.05, 3.63) is 53.9 Å². The van der Waals surface area contributed by atoms with Crippen LogP contribution in [0.15, 0.2) is 36.7 Å². The van der Waals surface area contributed by atoms with E-state index < -0.39 is 5.82 Å². The number of imidazole rings is 1. The van der Waals surface area contributed by atoms with E-state index in [9.17, 15) is 9.18 Å². The minimum absolute atomic E-state index is 0. The number of aryl methyl sites for hydroxylation is 1. The fourth-order valence-corrected chi connectivity index (χ4v) is 5.09. The molecule has 0 bridgehead atoms. The Hall–Kier alpha value is -3.08. The van der Waals surface area contributed by atoms with Crippen molar-refractivity contribution in [1.29, 1.82) is 0 Å². The number of nitrogens with one attached hydrogen (secondary N) is 2. The molecule has 2 aliphatic heterocycles. The van der Waals surface area contributed by atoms with Crippen LogP contribution in [0.25, 0.3) is 11.4 Å². The molecule has 38 heavy (non-hydrogen) atoms. The Kier molecular flexibility index (Phi) is 9.65. The summed E-state index contributed by atoms with van der Waals surface area (Å²) in [4.78, 5) is 27.9. The molecule has 0 saturated carbocycles. The molecule has 3 aromatic rings. The van der Waals surface area contributed by atoms with Crippen LogP contribution in [0.1, 0.15) is 54.3 Å². The molecule has 0 atom stereocenters. The third-order valence-electron chi connectivity index (χ3n) is 7.09. The lowest BCUT2D eigenvalue weighted by atomic mass is 10.1. The number of amides is 1. The number of nitrogens with zero attached hydrogens (tertiary/aromatic N) is 5. The van der Waals surface area contributed by atoms with Crippen molar-refractivity contribution in [3.63, 3.8) is 0 Å². The monoisotopic (exact) mass is 543 g/mol. The van der Waals surface area contributed by atoms with Gasteiger partial charge in [-0.25, -0.2) is 19.3 Å². The Morgan fingerprint density at radius 1 is 1.08 bits per heavy atom. The number of ether oxygens (including phenoxy) is 1. The molecular weight excluding hydrogens is 509 g/mol. The number of hydrogen-bond acceptors (Lipinski definition) is 7. The van der Waals surface area contributed by atoms with Crippen molar-refractivity contribution in [2.45, 2.75) is 45.1 Å². The molecule has 11 heteroatoms. The van der Waals surface area contributed by atoms with E-state index in [1.165, 1.54) is 25.5 Å². The summed E-state index contributed by atoms with van der Waals surface area (Å²) >= 11 is 0. The van der Waals surface area contributed by atoms with Crippen molar-refractivity contribution in [3.8, 4) is 11.4 Å². The van der Waals surface area contributed by atoms with E-state index in [1.807, 2.05) is 6.92 Å². The van der Waals surface area contributed by atoms with Crippen LogP contribution in [0.3, 0.4) is 0 Å². The number of carbonyl (C=O) groups excluding carboxylic acids is 1. The minimum atomic E-state index is -0.504. The number of halogens is 2. The summed E-state index contributed by atoms with van der Waals surface area (Å²) in [5.74, 6) is 0.489. The van der Waals surface area contributed by atoms with Gasteiger partial charge in [0.05, 0.1) is 18.1 Å². The van der Waals surface area contributed by atoms with Gasteiger partial charge >= 0.3 is 0 Å². The largest absolute Gasteiger partial charge is 0.381 e. The molecule has 2 fully saturated rings. The van der Waals surface area contributed by atoms with E-state index in [1.54, 1.807) is 30.5 Å². The van der Waals surface area contributed by atoms with Crippen LogP contribution in [-0.2, 0) is 4.74 Å². The van der Waals surface area contributed by atoms with Crippen molar-refractivity contribution in [1.82, 2.24) is 29.7 Å². The summed E-state index contributed by atoms with van der Waals surface area (Å²) in [6.45, 7) is 7.00. The zero-order chi connectivity index (χ0) is 25.6. The lowest BCUT2D eigenvalue weighted by Gasteiger charge is -2.26. The summed E-state index contributed by atoms with van der Waals surface area (Å²) < 4.78 is 22.4. The first-order valence-electron chi connectivity index (χ1n) is 13.1. The molecule has 0 unspecified atom stereocenters. The maximum atomic E-state index is 14.8. The maximum absolute atomic E-state index is 14.8. The van der Waals surface area contributed by atoms with Crippen LogP contribution in [0.5, 0.6) is 0 Å². The number of benzene rings is 1. The van der Waals surface area contributed by atoms with Crippen LogP contribution >= 0.6 is 12.4 Å². The van der Waals surface area contributed by atoms with Crippen LogP contribution in [-0.4, -0.2) is 69.7 Å². The van der Waals surface area contributed by atoms with Gasteiger partial charge in [0, 0.05) is 43.6 Å². The molecule has 2 aliphatic rings. The molecule has 1 aromatic carbocycles. The molecule has 9 nitrogen and oxygen atoms in total. The minimum Gasteiger partial charge on any atom is -0.381 e. The number of carbonyl (C=O) groups is 1. The fraction of sp³-hybridized carbons (Fsp3) is 0.481. The SMILES string of the molecule is Cc1ncc(-c2nc(Nc3ccc(C(=O)NCCN4CCCCC4)cc3)ncc2F)n1C1CCOCC1.Cl. The van der Waals surface area contributed by atoms with Crippen LogP contribution < -0.4 is 10.6 Å². The predicted molar refractivity (Wildman–Crippen MR) is 147 cm³/mol. The van der Waals surface area contributed by atoms with Gasteiger partial charge in [0.2, 0.25) is 5.95 Å². The van der Waals surface area contributed by atoms with E-state index in [0.717, 1.165) is 38.3 Å². The van der Waals surface area contributed by atoms with E-state index in [0.29, 0.717) is 36.7 Å². The van der Waals surface area contributed by atoms with Gasteiger partial charge in [-0.1, -0.05) is 6.42 Å². The molecule has 4 heterocycles. The van der Waals surface area contributed by atoms with Crippen molar-refractivity contribution in [2.75, 3.05) is 44.7 Å². The standard InChI is InChI=1S/C27H34FN7O2.ClH/c1-19-30-18-24(35(19)22-9-15-37-16-10-22)25-23(28)17-31-27(33-25)32-21-7-5-20(6-8-21)26(36)29-11-14-34-12-3-2-4-13-34;/h5-8,17-18,22H,2-4,9-16H2,1H3,(H,29,36)(H,31,32,33);1H. The first kappa shape index (κ1) is 27.9. The number of anilines is 2. The maximum Gasteiger partial charge on any atom is 0.251 e. The van der Waals surface area contributed by atoms with Crippen LogP contribution in [0.2, 0.25) is 0 Å². The summed E-state index contributed by atoms with van der Waals surface area (Å²) in [6, 6.07) is 7.29. The Morgan fingerprint density at radius 2 is 1.82 bits per heavy atom. The first-order chi connectivity index (χ1) is 18.1. The Labute approximate surface area is 228 Å². The number of hydrogen-bond donors (Lipinski definition) is 2.